The Morgan fingerprint density at radius 1 is 1.00 bits per heavy atom. The summed E-state index contributed by atoms with van der Waals surface area (Å²) < 4.78 is 30.3. The molecule has 0 radical (unpaired) electrons. The summed E-state index contributed by atoms with van der Waals surface area (Å²) in [5.74, 6) is 0.737. The maximum absolute atomic E-state index is 13.8. The van der Waals surface area contributed by atoms with Crippen molar-refractivity contribution in [2.45, 2.75) is 26.4 Å². The second-order valence-corrected chi connectivity index (χ2v) is 9.26. The average Bonchev–Trinajstić information content (AvgIpc) is 3.42. The number of amides is 1. The Labute approximate surface area is 219 Å². The van der Waals surface area contributed by atoms with E-state index in [4.69, 9.17) is 14.2 Å². The van der Waals surface area contributed by atoms with Gasteiger partial charge >= 0.3 is 0 Å². The largest absolute Gasteiger partial charge is 0.507 e. The highest BCUT2D eigenvalue weighted by Crippen LogP contribution is 2.49. The van der Waals surface area contributed by atoms with Gasteiger partial charge in [-0.05, 0) is 66.4 Å². The molecule has 196 valence electrons. The molecule has 0 saturated heterocycles. The molecule has 0 fully saturated rings. The minimum Gasteiger partial charge on any atom is -0.507 e. The van der Waals surface area contributed by atoms with E-state index in [1.165, 1.54) is 33.5 Å². The Morgan fingerprint density at radius 2 is 1.66 bits per heavy atom. The number of aryl methyl sites for hydroxylation is 2. The molecule has 1 amide bonds. The molecule has 3 aromatic carbocycles. The highest BCUT2D eigenvalue weighted by atomic mass is 19.1. The summed E-state index contributed by atoms with van der Waals surface area (Å²) in [5.41, 5.74) is 5.14. The molecule has 0 saturated carbocycles. The Kier molecular flexibility index (Phi) is 6.44. The normalized spacial score (nSPS) is 14.5. The fourth-order valence-corrected chi connectivity index (χ4v) is 5.20. The van der Waals surface area contributed by atoms with Crippen molar-refractivity contribution in [1.82, 2.24) is 15.1 Å². The minimum atomic E-state index is -0.620. The standard InChI is InChI=1S/C29H28FN3O5/c1-15-10-16(2)23(20(34)11-15)25-24-26(32-31-25)29(35)33(14-17-6-8-19(30)9-7-17)27(24)18-12-21(36-3)28(38-5)22(13-18)37-4/h6-13,27,34H,14H2,1-5H3,(H,31,32). The van der Waals surface area contributed by atoms with Gasteiger partial charge in [0.2, 0.25) is 5.75 Å². The van der Waals surface area contributed by atoms with Gasteiger partial charge in [0.15, 0.2) is 11.5 Å². The quantitative estimate of drug-likeness (QED) is 0.345. The molecule has 38 heavy (non-hydrogen) atoms. The van der Waals surface area contributed by atoms with Gasteiger partial charge in [-0.15, -0.1) is 0 Å². The molecule has 5 rings (SSSR count). The van der Waals surface area contributed by atoms with Gasteiger partial charge in [-0.3, -0.25) is 9.89 Å². The number of ether oxygens (including phenoxy) is 3. The highest BCUT2D eigenvalue weighted by Gasteiger charge is 2.43. The zero-order chi connectivity index (χ0) is 27.1. The first-order chi connectivity index (χ1) is 18.3. The van der Waals surface area contributed by atoms with Crippen molar-refractivity contribution in [3.05, 3.63) is 87.9 Å². The molecule has 1 aromatic heterocycles. The number of nitrogens with one attached hydrogen (secondary N) is 1. The average molecular weight is 518 g/mol. The first kappa shape index (κ1) is 25.1. The lowest BCUT2D eigenvalue weighted by Gasteiger charge is -2.28. The van der Waals surface area contributed by atoms with Gasteiger partial charge in [-0.1, -0.05) is 18.2 Å². The summed E-state index contributed by atoms with van der Waals surface area (Å²) in [6, 6.07) is 12.6. The van der Waals surface area contributed by atoms with E-state index in [1.807, 2.05) is 19.9 Å². The second kappa shape index (κ2) is 9.74. The predicted molar refractivity (Wildman–Crippen MR) is 139 cm³/mol. The van der Waals surface area contributed by atoms with Crippen molar-refractivity contribution < 1.29 is 28.5 Å². The van der Waals surface area contributed by atoms with Crippen LogP contribution in [0.15, 0.2) is 48.5 Å². The van der Waals surface area contributed by atoms with E-state index in [0.717, 1.165) is 16.7 Å². The molecule has 1 atom stereocenters. The number of carbonyl (C=O) groups excluding carboxylic acids is 1. The van der Waals surface area contributed by atoms with E-state index in [-0.39, 0.29) is 24.0 Å². The van der Waals surface area contributed by atoms with E-state index in [9.17, 15) is 14.3 Å². The van der Waals surface area contributed by atoms with Crippen LogP contribution < -0.4 is 14.2 Å². The van der Waals surface area contributed by atoms with Crippen LogP contribution in [0.2, 0.25) is 0 Å². The Hall–Kier alpha value is -4.53. The third-order valence-corrected chi connectivity index (χ3v) is 6.83. The summed E-state index contributed by atoms with van der Waals surface area (Å²) in [7, 11) is 4.58. The number of hydrogen-bond donors (Lipinski definition) is 2. The van der Waals surface area contributed by atoms with Crippen molar-refractivity contribution >= 4 is 5.91 Å². The maximum atomic E-state index is 13.8. The third kappa shape index (κ3) is 4.09. The van der Waals surface area contributed by atoms with Crippen LogP contribution in [0, 0.1) is 19.7 Å². The highest BCUT2D eigenvalue weighted by molar-refractivity contribution is 6.00. The summed E-state index contributed by atoms with van der Waals surface area (Å²) in [5, 5.41) is 18.3. The predicted octanol–water partition coefficient (Wildman–Crippen LogP) is 5.31. The van der Waals surface area contributed by atoms with Crippen molar-refractivity contribution in [2.75, 3.05) is 21.3 Å². The van der Waals surface area contributed by atoms with Crippen molar-refractivity contribution in [3.8, 4) is 34.3 Å². The van der Waals surface area contributed by atoms with Crippen LogP contribution in [0.5, 0.6) is 23.0 Å². The van der Waals surface area contributed by atoms with Crippen LogP contribution in [-0.4, -0.2) is 47.4 Å². The third-order valence-electron chi connectivity index (χ3n) is 6.83. The first-order valence-electron chi connectivity index (χ1n) is 12.0. The number of benzene rings is 3. The molecule has 8 nitrogen and oxygen atoms in total. The smallest absolute Gasteiger partial charge is 0.273 e. The number of aromatic nitrogens is 2. The lowest BCUT2D eigenvalue weighted by molar-refractivity contribution is 0.0729. The maximum Gasteiger partial charge on any atom is 0.273 e. The topological polar surface area (TPSA) is 96.9 Å². The summed E-state index contributed by atoms with van der Waals surface area (Å²) in [4.78, 5) is 15.5. The number of nitrogens with zero attached hydrogens (tertiary/aromatic N) is 2. The van der Waals surface area contributed by atoms with E-state index in [2.05, 4.69) is 10.2 Å². The fraction of sp³-hybridized carbons (Fsp3) is 0.241. The van der Waals surface area contributed by atoms with Crippen LogP contribution in [0.25, 0.3) is 11.3 Å². The number of carbonyl (C=O) groups is 1. The Morgan fingerprint density at radius 3 is 2.24 bits per heavy atom. The molecule has 1 aliphatic heterocycles. The first-order valence-corrected chi connectivity index (χ1v) is 12.0. The van der Waals surface area contributed by atoms with Gasteiger partial charge < -0.3 is 24.2 Å². The molecule has 2 N–H and O–H groups in total. The number of hydrogen-bond acceptors (Lipinski definition) is 6. The van der Waals surface area contributed by atoms with Crippen LogP contribution in [0.4, 0.5) is 4.39 Å². The minimum absolute atomic E-state index is 0.0740. The lowest BCUT2D eigenvalue weighted by atomic mass is 9.92. The molecule has 0 spiro atoms. The molecule has 0 aliphatic carbocycles. The molecule has 0 bridgehead atoms. The summed E-state index contributed by atoms with van der Waals surface area (Å²) in [6.45, 7) is 4.00. The number of fused-ring (bicyclic) bond motifs is 1. The molecule has 1 aliphatic rings. The molecule has 2 heterocycles. The molecular formula is C29H28FN3O5. The molecular weight excluding hydrogens is 489 g/mol. The van der Waals surface area contributed by atoms with Crippen LogP contribution in [0.3, 0.4) is 0 Å². The lowest BCUT2D eigenvalue weighted by Crippen LogP contribution is -2.29. The Balaban J connectivity index is 1.74. The summed E-state index contributed by atoms with van der Waals surface area (Å²) in [6.07, 6.45) is 0. The van der Waals surface area contributed by atoms with Gasteiger partial charge in [-0.2, -0.15) is 5.10 Å². The van der Waals surface area contributed by atoms with Crippen molar-refractivity contribution in [2.24, 2.45) is 0 Å². The van der Waals surface area contributed by atoms with Crippen molar-refractivity contribution in [1.29, 1.82) is 0 Å². The Bertz CT molecular complexity index is 1480. The van der Waals surface area contributed by atoms with Crippen LogP contribution >= 0.6 is 0 Å². The van der Waals surface area contributed by atoms with E-state index >= 15 is 0 Å². The number of phenols is 1. The zero-order valence-electron chi connectivity index (χ0n) is 21.8. The number of rotatable bonds is 7. The van der Waals surface area contributed by atoms with Crippen LogP contribution in [-0.2, 0) is 6.54 Å². The van der Waals surface area contributed by atoms with E-state index in [1.54, 1.807) is 35.2 Å². The number of H-pyrrole nitrogens is 1. The SMILES string of the molecule is COc1cc(C2c3c(-c4c(C)cc(C)cc4O)n[nH]c3C(=O)N2Cc2ccc(F)cc2)cc(OC)c1OC. The summed E-state index contributed by atoms with van der Waals surface area (Å²) >= 11 is 0. The van der Waals surface area contributed by atoms with Gasteiger partial charge in [0, 0.05) is 17.7 Å². The molecule has 1 unspecified atom stereocenters. The molecule has 9 heteroatoms. The number of phenolic OH excluding ortho intramolecular Hbond substituents is 1. The van der Waals surface area contributed by atoms with Gasteiger partial charge in [0.05, 0.1) is 27.4 Å². The van der Waals surface area contributed by atoms with Gasteiger partial charge in [-0.25, -0.2) is 4.39 Å². The second-order valence-electron chi connectivity index (χ2n) is 9.26. The zero-order valence-corrected chi connectivity index (χ0v) is 21.8. The number of methoxy groups -OCH3 is 3. The molecule has 4 aromatic rings. The number of aromatic hydroxyl groups is 1. The van der Waals surface area contributed by atoms with E-state index in [0.29, 0.717) is 45.3 Å². The van der Waals surface area contributed by atoms with E-state index < -0.39 is 6.04 Å². The monoisotopic (exact) mass is 517 g/mol. The fourth-order valence-electron chi connectivity index (χ4n) is 5.20. The van der Waals surface area contributed by atoms with Gasteiger partial charge in [0.1, 0.15) is 23.0 Å². The van der Waals surface area contributed by atoms with Crippen molar-refractivity contribution in [3.63, 3.8) is 0 Å². The number of halogens is 1. The van der Waals surface area contributed by atoms with Gasteiger partial charge in [0.25, 0.3) is 5.91 Å². The van der Waals surface area contributed by atoms with Crippen LogP contribution in [0.1, 0.15) is 44.3 Å². The number of aromatic amines is 1.